The van der Waals surface area contributed by atoms with Gasteiger partial charge in [0.2, 0.25) is 0 Å². The summed E-state index contributed by atoms with van der Waals surface area (Å²) in [7, 11) is 1.65. The Bertz CT molecular complexity index is 1060. The first-order chi connectivity index (χ1) is 12.8. The molecule has 0 spiro atoms. The number of hydrogen-bond donors (Lipinski definition) is 0. The Balaban J connectivity index is 1.91. The fourth-order valence-electron chi connectivity index (χ4n) is 3.02. The summed E-state index contributed by atoms with van der Waals surface area (Å²) >= 11 is 0. The highest BCUT2D eigenvalue weighted by Gasteiger charge is 2.15. The minimum atomic E-state index is -0.286. The van der Waals surface area contributed by atoms with Gasteiger partial charge in [0.25, 0.3) is 0 Å². The molecule has 0 radical (unpaired) electrons. The molecule has 2 aromatic heterocycles. The van der Waals surface area contributed by atoms with E-state index in [0.717, 1.165) is 33.8 Å². The van der Waals surface area contributed by atoms with Gasteiger partial charge in [-0.2, -0.15) is 0 Å². The van der Waals surface area contributed by atoms with E-state index >= 15 is 0 Å². The Morgan fingerprint density at radius 3 is 2.65 bits per heavy atom. The topological polar surface area (TPSA) is 39.9 Å². The summed E-state index contributed by atoms with van der Waals surface area (Å²) in [5, 5.41) is 0. The monoisotopic (exact) mass is 345 g/mol. The highest BCUT2D eigenvalue weighted by atomic mass is 19.1. The van der Waals surface area contributed by atoms with E-state index < -0.39 is 0 Å². The highest BCUT2D eigenvalue weighted by Crippen LogP contribution is 2.35. The molecule has 128 valence electrons. The Kier molecular flexibility index (Phi) is 4.19. The largest absolute Gasteiger partial charge is 0.496 e. The minimum Gasteiger partial charge on any atom is -0.496 e. The van der Waals surface area contributed by atoms with Gasteiger partial charge in [0.1, 0.15) is 11.6 Å². The van der Waals surface area contributed by atoms with Crippen molar-refractivity contribution in [2.24, 2.45) is 0 Å². The van der Waals surface area contributed by atoms with Crippen LogP contribution in [0.25, 0.3) is 28.1 Å². The standard InChI is InChI=1S/C21H16FN3O/c1-26-21-8-3-2-7-18(21)17-9-10-23-13-20(17)25-14-24-12-19(25)15-5-4-6-16(22)11-15/h2-14H,1H3. The third-order valence-electron chi connectivity index (χ3n) is 4.22. The summed E-state index contributed by atoms with van der Waals surface area (Å²) in [6, 6.07) is 16.2. The zero-order valence-corrected chi connectivity index (χ0v) is 14.1. The normalized spacial score (nSPS) is 10.7. The Morgan fingerprint density at radius 2 is 1.81 bits per heavy atom. The van der Waals surface area contributed by atoms with E-state index in [1.54, 1.807) is 38.1 Å². The summed E-state index contributed by atoms with van der Waals surface area (Å²) in [4.78, 5) is 8.53. The molecule has 0 N–H and O–H groups in total. The van der Waals surface area contributed by atoms with Gasteiger partial charge in [-0.25, -0.2) is 9.37 Å². The summed E-state index contributed by atoms with van der Waals surface area (Å²) in [6.45, 7) is 0. The number of rotatable bonds is 4. The van der Waals surface area contributed by atoms with Crippen LogP contribution in [-0.2, 0) is 0 Å². The van der Waals surface area contributed by atoms with Crippen LogP contribution in [0.4, 0.5) is 4.39 Å². The second kappa shape index (κ2) is 6.80. The smallest absolute Gasteiger partial charge is 0.126 e. The molecule has 5 heteroatoms. The van der Waals surface area contributed by atoms with E-state index in [1.807, 2.05) is 41.0 Å². The first-order valence-electron chi connectivity index (χ1n) is 8.14. The Hall–Kier alpha value is -3.47. The lowest BCUT2D eigenvalue weighted by Crippen LogP contribution is -2.00. The van der Waals surface area contributed by atoms with Crippen molar-refractivity contribution in [3.63, 3.8) is 0 Å². The Labute approximate surface area is 150 Å². The van der Waals surface area contributed by atoms with Crippen molar-refractivity contribution in [1.29, 1.82) is 0 Å². The van der Waals surface area contributed by atoms with Crippen molar-refractivity contribution in [3.05, 3.63) is 85.3 Å². The van der Waals surface area contributed by atoms with Crippen LogP contribution in [0.3, 0.4) is 0 Å². The predicted molar refractivity (Wildman–Crippen MR) is 98.7 cm³/mol. The van der Waals surface area contributed by atoms with E-state index in [4.69, 9.17) is 4.74 Å². The molecule has 0 fully saturated rings. The van der Waals surface area contributed by atoms with Gasteiger partial charge < -0.3 is 4.74 Å². The molecule has 0 atom stereocenters. The lowest BCUT2D eigenvalue weighted by Gasteiger charge is -2.15. The molecule has 0 unspecified atom stereocenters. The molecule has 0 saturated carbocycles. The number of aromatic nitrogens is 3. The van der Waals surface area contributed by atoms with Crippen LogP contribution in [0.1, 0.15) is 0 Å². The van der Waals surface area contributed by atoms with Gasteiger partial charge in [-0.05, 0) is 24.3 Å². The maximum absolute atomic E-state index is 13.7. The fourth-order valence-corrected chi connectivity index (χ4v) is 3.02. The van der Waals surface area contributed by atoms with Crippen LogP contribution >= 0.6 is 0 Å². The van der Waals surface area contributed by atoms with Crippen molar-refractivity contribution in [1.82, 2.24) is 14.5 Å². The predicted octanol–water partition coefficient (Wildman–Crippen LogP) is 4.75. The van der Waals surface area contributed by atoms with E-state index in [1.165, 1.54) is 12.1 Å². The molecule has 2 aromatic carbocycles. The highest BCUT2D eigenvalue weighted by molar-refractivity contribution is 5.78. The van der Waals surface area contributed by atoms with E-state index in [0.29, 0.717) is 0 Å². The lowest BCUT2D eigenvalue weighted by molar-refractivity contribution is 0.416. The summed E-state index contributed by atoms with van der Waals surface area (Å²) < 4.78 is 21.1. The number of methoxy groups -OCH3 is 1. The number of pyridine rings is 1. The second-order valence-corrected chi connectivity index (χ2v) is 5.75. The van der Waals surface area contributed by atoms with E-state index in [2.05, 4.69) is 9.97 Å². The van der Waals surface area contributed by atoms with Gasteiger partial charge >= 0.3 is 0 Å². The van der Waals surface area contributed by atoms with Gasteiger partial charge in [-0.15, -0.1) is 0 Å². The number of benzene rings is 2. The third kappa shape index (κ3) is 2.84. The van der Waals surface area contributed by atoms with Gasteiger partial charge in [-0.1, -0.05) is 30.3 Å². The first kappa shape index (κ1) is 16.0. The third-order valence-corrected chi connectivity index (χ3v) is 4.22. The van der Waals surface area contributed by atoms with Crippen LogP contribution in [0, 0.1) is 5.82 Å². The van der Waals surface area contributed by atoms with Gasteiger partial charge in [0.05, 0.1) is 37.2 Å². The molecule has 4 nitrogen and oxygen atoms in total. The van der Waals surface area contributed by atoms with Gasteiger partial charge in [-0.3, -0.25) is 9.55 Å². The maximum atomic E-state index is 13.7. The van der Waals surface area contributed by atoms with Gasteiger partial charge in [0.15, 0.2) is 0 Å². The number of nitrogens with zero attached hydrogens (tertiary/aromatic N) is 3. The molecule has 26 heavy (non-hydrogen) atoms. The van der Waals surface area contributed by atoms with Crippen LogP contribution in [0.2, 0.25) is 0 Å². The number of ether oxygens (including phenoxy) is 1. The lowest BCUT2D eigenvalue weighted by atomic mass is 10.0. The second-order valence-electron chi connectivity index (χ2n) is 5.75. The van der Waals surface area contributed by atoms with Crippen LogP contribution in [-0.4, -0.2) is 21.6 Å². The molecular weight excluding hydrogens is 329 g/mol. The molecular formula is C21H16FN3O. The van der Waals surface area contributed by atoms with E-state index in [-0.39, 0.29) is 5.82 Å². The van der Waals surface area contributed by atoms with E-state index in [9.17, 15) is 4.39 Å². The summed E-state index contributed by atoms with van der Waals surface area (Å²) in [6.07, 6.45) is 6.93. The molecule has 0 amide bonds. The summed E-state index contributed by atoms with van der Waals surface area (Å²) in [5.74, 6) is 0.485. The fraction of sp³-hybridized carbons (Fsp3) is 0.0476. The number of imidazole rings is 1. The molecule has 0 aliphatic heterocycles. The van der Waals surface area contributed by atoms with Gasteiger partial charge in [0, 0.05) is 22.9 Å². The zero-order chi connectivity index (χ0) is 17.9. The number of halogens is 1. The maximum Gasteiger partial charge on any atom is 0.126 e. The molecule has 4 rings (SSSR count). The quantitative estimate of drug-likeness (QED) is 0.536. The van der Waals surface area contributed by atoms with Crippen LogP contribution < -0.4 is 4.74 Å². The van der Waals surface area contributed by atoms with Crippen molar-refractivity contribution in [3.8, 4) is 33.8 Å². The summed E-state index contributed by atoms with van der Waals surface area (Å²) in [5.41, 5.74) is 4.28. The molecule has 0 bridgehead atoms. The van der Waals surface area contributed by atoms with Crippen LogP contribution in [0.15, 0.2) is 79.5 Å². The van der Waals surface area contributed by atoms with Crippen molar-refractivity contribution >= 4 is 0 Å². The number of hydrogen-bond acceptors (Lipinski definition) is 3. The number of para-hydroxylation sites is 1. The van der Waals surface area contributed by atoms with Crippen LogP contribution in [0.5, 0.6) is 5.75 Å². The zero-order valence-electron chi connectivity index (χ0n) is 14.1. The van der Waals surface area contributed by atoms with Crippen molar-refractivity contribution in [2.45, 2.75) is 0 Å². The first-order valence-corrected chi connectivity index (χ1v) is 8.14. The average Bonchev–Trinajstić information content (AvgIpc) is 3.17. The molecule has 0 aliphatic carbocycles. The molecule has 2 heterocycles. The Morgan fingerprint density at radius 1 is 0.923 bits per heavy atom. The minimum absolute atomic E-state index is 0.286. The average molecular weight is 345 g/mol. The SMILES string of the molecule is COc1ccccc1-c1ccncc1-n1cncc1-c1cccc(F)c1. The molecule has 0 saturated heterocycles. The van der Waals surface area contributed by atoms with Crippen molar-refractivity contribution in [2.75, 3.05) is 7.11 Å². The van der Waals surface area contributed by atoms with Crippen molar-refractivity contribution < 1.29 is 9.13 Å². The molecule has 0 aliphatic rings. The molecule has 4 aromatic rings.